The summed E-state index contributed by atoms with van der Waals surface area (Å²) in [7, 11) is -3.75. The molecule has 0 aliphatic rings. The lowest BCUT2D eigenvalue weighted by Crippen LogP contribution is -2.48. The van der Waals surface area contributed by atoms with Crippen molar-refractivity contribution in [2.24, 2.45) is 0 Å². The molecule has 34 heavy (non-hydrogen) atoms. The maximum Gasteiger partial charge on any atom is 0.242 e. The van der Waals surface area contributed by atoms with Gasteiger partial charge in [-0.25, -0.2) is 12.8 Å². The zero-order valence-corrected chi connectivity index (χ0v) is 20.9. The molecule has 0 saturated heterocycles. The van der Waals surface area contributed by atoms with Gasteiger partial charge in [-0.2, -0.15) is 0 Å². The Morgan fingerprint density at radius 1 is 1.03 bits per heavy atom. The highest BCUT2D eigenvalue weighted by Crippen LogP contribution is 2.22. The number of hydrogen-bond donors (Lipinski definition) is 1. The Morgan fingerprint density at radius 2 is 1.68 bits per heavy atom. The van der Waals surface area contributed by atoms with E-state index in [1.807, 2.05) is 37.3 Å². The van der Waals surface area contributed by atoms with Crippen molar-refractivity contribution < 1.29 is 22.4 Å². The van der Waals surface area contributed by atoms with Crippen LogP contribution in [0, 0.1) is 5.82 Å². The fourth-order valence-corrected chi connectivity index (χ4v) is 4.50. The van der Waals surface area contributed by atoms with Gasteiger partial charge in [0.2, 0.25) is 21.8 Å². The monoisotopic (exact) mass is 491 g/mol. The molecule has 2 rings (SSSR count). The third kappa shape index (κ3) is 8.13. The Kier molecular flexibility index (Phi) is 10.5. The highest BCUT2D eigenvalue weighted by Gasteiger charge is 2.27. The molecule has 2 aromatic carbocycles. The Hall–Kier alpha value is -2.94. The minimum absolute atomic E-state index is 0.0138. The van der Waals surface area contributed by atoms with E-state index < -0.39 is 21.9 Å². The van der Waals surface area contributed by atoms with Crippen LogP contribution in [0.2, 0.25) is 0 Å². The Morgan fingerprint density at radius 3 is 2.29 bits per heavy atom. The summed E-state index contributed by atoms with van der Waals surface area (Å²) in [5.74, 6) is -1.16. The van der Waals surface area contributed by atoms with Crippen LogP contribution >= 0.6 is 0 Å². The van der Waals surface area contributed by atoms with Crippen LogP contribution in [0.3, 0.4) is 0 Å². The maximum absolute atomic E-state index is 14.2. The molecule has 0 heterocycles. The summed E-state index contributed by atoms with van der Waals surface area (Å²) in [6.45, 7) is 4.46. The number of para-hydroxylation sites is 1. The van der Waals surface area contributed by atoms with Gasteiger partial charge in [-0.15, -0.1) is 0 Å². The predicted octanol–water partition coefficient (Wildman–Crippen LogP) is 3.71. The lowest BCUT2D eigenvalue weighted by Gasteiger charge is -2.29. The van der Waals surface area contributed by atoms with Gasteiger partial charge in [-0.3, -0.25) is 13.9 Å². The SMILES string of the molecule is CCCCNC(=O)[C@H](C)N(Cc1ccccc1)C(=O)CCCN(c1ccccc1F)S(C)(=O)=O. The molecule has 0 radical (unpaired) electrons. The number of hydrogen-bond acceptors (Lipinski definition) is 4. The third-order valence-electron chi connectivity index (χ3n) is 5.47. The molecule has 1 atom stereocenters. The summed E-state index contributed by atoms with van der Waals surface area (Å²) in [6, 6.07) is 14.3. The lowest BCUT2D eigenvalue weighted by atomic mass is 10.1. The minimum atomic E-state index is -3.75. The van der Waals surface area contributed by atoms with Gasteiger partial charge in [-0.1, -0.05) is 55.8 Å². The number of halogens is 1. The number of anilines is 1. The molecule has 0 aromatic heterocycles. The molecule has 0 spiro atoms. The number of amides is 2. The van der Waals surface area contributed by atoms with E-state index in [9.17, 15) is 22.4 Å². The number of unbranched alkanes of at least 4 members (excludes halogenated alkanes) is 1. The second kappa shape index (κ2) is 13.1. The first-order chi connectivity index (χ1) is 16.1. The van der Waals surface area contributed by atoms with E-state index in [1.54, 1.807) is 13.0 Å². The van der Waals surface area contributed by atoms with Crippen molar-refractivity contribution in [2.75, 3.05) is 23.7 Å². The second-order valence-electron chi connectivity index (χ2n) is 8.22. The number of carbonyl (C=O) groups is 2. The molecule has 7 nitrogen and oxygen atoms in total. The summed E-state index contributed by atoms with van der Waals surface area (Å²) in [4.78, 5) is 27.3. The smallest absolute Gasteiger partial charge is 0.242 e. The van der Waals surface area contributed by atoms with Crippen LogP contribution in [0.15, 0.2) is 54.6 Å². The van der Waals surface area contributed by atoms with E-state index in [0.717, 1.165) is 29.0 Å². The van der Waals surface area contributed by atoms with Crippen molar-refractivity contribution in [1.82, 2.24) is 10.2 Å². The van der Waals surface area contributed by atoms with Crippen molar-refractivity contribution in [2.45, 2.75) is 52.1 Å². The highest BCUT2D eigenvalue weighted by atomic mass is 32.2. The normalized spacial score (nSPS) is 12.1. The first-order valence-corrected chi connectivity index (χ1v) is 13.3. The number of sulfonamides is 1. The van der Waals surface area contributed by atoms with Gasteiger partial charge in [0, 0.05) is 26.1 Å². The highest BCUT2D eigenvalue weighted by molar-refractivity contribution is 7.92. The summed E-state index contributed by atoms with van der Waals surface area (Å²) in [5, 5.41) is 2.86. The van der Waals surface area contributed by atoms with Gasteiger partial charge in [0.05, 0.1) is 11.9 Å². The van der Waals surface area contributed by atoms with Gasteiger partial charge in [-0.05, 0) is 37.5 Å². The zero-order chi connectivity index (χ0) is 25.1. The number of benzene rings is 2. The molecule has 0 unspecified atom stereocenters. The molecule has 0 saturated carbocycles. The summed E-state index contributed by atoms with van der Waals surface area (Å²) < 4.78 is 39.7. The van der Waals surface area contributed by atoms with Crippen molar-refractivity contribution in [3.8, 4) is 0 Å². The van der Waals surface area contributed by atoms with E-state index in [2.05, 4.69) is 5.32 Å². The average Bonchev–Trinajstić information content (AvgIpc) is 2.80. The average molecular weight is 492 g/mol. The van der Waals surface area contributed by atoms with E-state index in [0.29, 0.717) is 6.54 Å². The van der Waals surface area contributed by atoms with E-state index in [1.165, 1.54) is 23.1 Å². The quantitative estimate of drug-likeness (QED) is 0.433. The largest absolute Gasteiger partial charge is 0.354 e. The molecule has 0 aliphatic carbocycles. The van der Waals surface area contributed by atoms with Gasteiger partial charge in [0.15, 0.2) is 0 Å². The first-order valence-electron chi connectivity index (χ1n) is 11.5. The maximum atomic E-state index is 14.2. The molecule has 2 aromatic rings. The van der Waals surface area contributed by atoms with Crippen molar-refractivity contribution in [3.63, 3.8) is 0 Å². The molecule has 1 N–H and O–H groups in total. The minimum Gasteiger partial charge on any atom is -0.354 e. The first kappa shape index (κ1) is 27.3. The van der Waals surface area contributed by atoms with Crippen LogP contribution in [0.25, 0.3) is 0 Å². The Balaban J connectivity index is 2.12. The Bertz CT molecular complexity index is 1050. The van der Waals surface area contributed by atoms with Crippen molar-refractivity contribution in [1.29, 1.82) is 0 Å². The van der Waals surface area contributed by atoms with E-state index in [-0.39, 0.29) is 43.4 Å². The number of carbonyl (C=O) groups excluding carboxylic acids is 2. The summed E-state index contributed by atoms with van der Waals surface area (Å²) >= 11 is 0. The molecule has 9 heteroatoms. The van der Waals surface area contributed by atoms with Gasteiger partial charge in [0.1, 0.15) is 11.9 Å². The molecule has 0 fully saturated rings. The van der Waals surface area contributed by atoms with Crippen molar-refractivity contribution in [3.05, 3.63) is 66.0 Å². The summed E-state index contributed by atoms with van der Waals surface area (Å²) in [5.41, 5.74) is 0.829. The third-order valence-corrected chi connectivity index (χ3v) is 6.65. The number of nitrogens with one attached hydrogen (secondary N) is 1. The van der Waals surface area contributed by atoms with Crippen LogP contribution in [-0.4, -0.2) is 50.5 Å². The second-order valence-corrected chi connectivity index (χ2v) is 10.1. The standard InChI is InChI=1S/C25H34FN3O4S/c1-4-5-17-27-25(31)20(2)28(19-21-12-7-6-8-13-21)24(30)16-11-18-29(34(3,32)33)23-15-10-9-14-22(23)26/h6-10,12-15,20H,4-5,11,16-19H2,1-3H3,(H,27,31)/t20-/m0/s1. The van der Waals surface area contributed by atoms with E-state index >= 15 is 0 Å². The number of nitrogens with zero attached hydrogens (tertiary/aromatic N) is 2. The van der Waals surface area contributed by atoms with Gasteiger partial charge >= 0.3 is 0 Å². The predicted molar refractivity (Wildman–Crippen MR) is 132 cm³/mol. The van der Waals surface area contributed by atoms with Crippen LogP contribution in [-0.2, 0) is 26.2 Å². The van der Waals surface area contributed by atoms with Crippen LogP contribution < -0.4 is 9.62 Å². The number of rotatable bonds is 13. The fraction of sp³-hybridized carbons (Fsp3) is 0.440. The van der Waals surface area contributed by atoms with Crippen LogP contribution in [0.1, 0.15) is 45.1 Å². The lowest BCUT2D eigenvalue weighted by molar-refractivity contribution is -0.140. The molecule has 0 bridgehead atoms. The molecule has 2 amide bonds. The molecular weight excluding hydrogens is 457 g/mol. The van der Waals surface area contributed by atoms with Crippen LogP contribution in [0.5, 0.6) is 0 Å². The topological polar surface area (TPSA) is 86.8 Å². The molecular formula is C25H34FN3O4S. The fourth-order valence-electron chi connectivity index (χ4n) is 3.54. The molecule has 0 aliphatic heterocycles. The molecule has 186 valence electrons. The van der Waals surface area contributed by atoms with Gasteiger partial charge in [0.25, 0.3) is 0 Å². The summed E-state index contributed by atoms with van der Waals surface area (Å²) in [6.07, 6.45) is 2.99. The van der Waals surface area contributed by atoms with Crippen LogP contribution in [0.4, 0.5) is 10.1 Å². The Labute approximate surface area is 202 Å². The van der Waals surface area contributed by atoms with E-state index in [4.69, 9.17) is 0 Å². The van der Waals surface area contributed by atoms with Gasteiger partial charge < -0.3 is 10.2 Å². The van der Waals surface area contributed by atoms with Crippen molar-refractivity contribution >= 4 is 27.5 Å². The zero-order valence-electron chi connectivity index (χ0n) is 20.0.